The number of rotatable bonds is 2. The zero-order chi connectivity index (χ0) is 14.4. The first kappa shape index (κ1) is 12.0. The van der Waals surface area contributed by atoms with Crippen LogP contribution in [0.3, 0.4) is 0 Å². The molecule has 6 heteroatoms. The van der Waals surface area contributed by atoms with Gasteiger partial charge in [0.05, 0.1) is 17.9 Å². The van der Waals surface area contributed by atoms with E-state index in [-0.39, 0.29) is 11.3 Å². The zero-order valence-corrected chi connectivity index (χ0v) is 10.8. The number of hydrogen-bond acceptors (Lipinski definition) is 4. The monoisotopic (exact) mass is 283 g/mol. The second-order valence-electron chi connectivity index (χ2n) is 4.72. The fraction of sp³-hybridized carbons (Fsp3) is 0.0667. The molecule has 0 spiro atoms. The van der Waals surface area contributed by atoms with E-state index in [0.29, 0.717) is 16.5 Å². The molecule has 3 heterocycles. The van der Waals surface area contributed by atoms with Crippen LogP contribution >= 0.6 is 0 Å². The van der Waals surface area contributed by atoms with E-state index < -0.39 is 11.9 Å². The minimum Gasteiger partial charge on any atom is -0.455 e. The van der Waals surface area contributed by atoms with Crippen molar-refractivity contribution in [3.63, 3.8) is 0 Å². The number of fused-ring (bicyclic) bond motifs is 2. The van der Waals surface area contributed by atoms with Gasteiger partial charge in [-0.15, -0.1) is 0 Å². The Balaban J connectivity index is 1.86. The minimum absolute atomic E-state index is 0.140. The molecular weight excluding hydrogens is 273 g/mol. The zero-order valence-electron chi connectivity index (χ0n) is 10.8. The summed E-state index contributed by atoms with van der Waals surface area (Å²) >= 11 is 0. The van der Waals surface area contributed by atoms with E-state index >= 15 is 0 Å². The van der Waals surface area contributed by atoms with Crippen molar-refractivity contribution >= 4 is 16.5 Å². The first-order valence-corrected chi connectivity index (χ1v) is 6.37. The Hall–Kier alpha value is -2.73. The van der Waals surface area contributed by atoms with E-state index in [9.17, 15) is 9.50 Å². The number of benzene rings is 1. The van der Waals surface area contributed by atoms with Gasteiger partial charge in [0.1, 0.15) is 11.9 Å². The average Bonchev–Trinajstić information content (AvgIpc) is 3.11. The molecule has 1 aromatic carbocycles. The van der Waals surface area contributed by atoms with Crippen molar-refractivity contribution in [2.24, 2.45) is 0 Å². The van der Waals surface area contributed by atoms with Gasteiger partial charge in [-0.3, -0.25) is 4.98 Å². The molecule has 21 heavy (non-hydrogen) atoms. The average molecular weight is 283 g/mol. The molecule has 0 fully saturated rings. The van der Waals surface area contributed by atoms with Gasteiger partial charge in [0.25, 0.3) is 0 Å². The molecule has 0 saturated heterocycles. The summed E-state index contributed by atoms with van der Waals surface area (Å²) in [6.07, 6.45) is 5.41. The van der Waals surface area contributed by atoms with Gasteiger partial charge in [0, 0.05) is 23.3 Å². The summed E-state index contributed by atoms with van der Waals surface area (Å²) in [4.78, 5) is 4.02. The predicted octanol–water partition coefficient (Wildman–Crippen LogP) is 2.70. The molecule has 0 radical (unpaired) electrons. The fourth-order valence-corrected chi connectivity index (χ4v) is 2.40. The number of para-hydroxylation sites is 1. The third-order valence-corrected chi connectivity index (χ3v) is 3.43. The number of furan rings is 1. The van der Waals surface area contributed by atoms with Gasteiger partial charge in [0.2, 0.25) is 0 Å². The van der Waals surface area contributed by atoms with Gasteiger partial charge >= 0.3 is 0 Å². The summed E-state index contributed by atoms with van der Waals surface area (Å²) in [6.45, 7) is 0. The third-order valence-electron chi connectivity index (χ3n) is 3.43. The van der Waals surface area contributed by atoms with Gasteiger partial charge < -0.3 is 9.52 Å². The molecule has 0 aliphatic carbocycles. The highest BCUT2D eigenvalue weighted by Crippen LogP contribution is 2.30. The summed E-state index contributed by atoms with van der Waals surface area (Å²) in [5.41, 5.74) is 1.37. The lowest BCUT2D eigenvalue weighted by Gasteiger charge is -2.05. The second-order valence-corrected chi connectivity index (χ2v) is 4.72. The highest BCUT2D eigenvalue weighted by atomic mass is 19.1. The summed E-state index contributed by atoms with van der Waals surface area (Å²) in [7, 11) is 0. The van der Waals surface area contributed by atoms with Crippen molar-refractivity contribution in [1.82, 2.24) is 14.6 Å². The lowest BCUT2D eigenvalue weighted by molar-refractivity contribution is 0.193. The molecular formula is C15H10FN3O2. The molecule has 0 aliphatic rings. The molecule has 4 rings (SSSR count). The van der Waals surface area contributed by atoms with E-state index in [1.54, 1.807) is 47.5 Å². The van der Waals surface area contributed by atoms with E-state index in [2.05, 4.69) is 10.1 Å². The molecule has 0 amide bonds. The molecule has 104 valence electrons. The first-order valence-electron chi connectivity index (χ1n) is 6.37. The number of nitrogens with zero attached hydrogens (tertiary/aromatic N) is 3. The van der Waals surface area contributed by atoms with Crippen LogP contribution in [-0.4, -0.2) is 19.7 Å². The van der Waals surface area contributed by atoms with E-state index in [0.717, 1.165) is 0 Å². The second kappa shape index (κ2) is 4.39. The number of aromatic nitrogens is 3. The Labute approximate surface area is 118 Å². The lowest BCUT2D eigenvalue weighted by atomic mass is 10.1. The molecule has 0 aliphatic heterocycles. The van der Waals surface area contributed by atoms with Crippen LogP contribution in [0, 0.1) is 5.82 Å². The Kier molecular flexibility index (Phi) is 2.52. The van der Waals surface area contributed by atoms with Crippen LogP contribution in [-0.2, 0) is 0 Å². The number of aliphatic hydroxyl groups is 1. The van der Waals surface area contributed by atoms with Crippen molar-refractivity contribution < 1.29 is 13.9 Å². The van der Waals surface area contributed by atoms with Crippen LogP contribution in [0.25, 0.3) is 16.5 Å². The normalized spacial score (nSPS) is 13.0. The number of aliphatic hydroxyl groups excluding tert-OH is 1. The molecule has 0 bridgehead atoms. The first-order chi connectivity index (χ1) is 10.2. The standard InChI is InChI=1S/C15H10FN3O2/c16-11-3-1-2-9-6-13(21-15(9)11)14(20)10-7-18-19-5-4-17-8-12(10)19/h1-8,14,20H. The topological polar surface area (TPSA) is 63.6 Å². The summed E-state index contributed by atoms with van der Waals surface area (Å²) in [5, 5.41) is 15.2. The molecule has 1 atom stereocenters. The van der Waals surface area contributed by atoms with Gasteiger partial charge in [-0.05, 0) is 12.1 Å². The summed E-state index contributed by atoms with van der Waals surface area (Å²) in [5.74, 6) is -0.179. The smallest absolute Gasteiger partial charge is 0.170 e. The SMILES string of the molecule is OC(c1cc2cccc(F)c2o1)c1cnn2ccncc12. The Bertz CT molecular complexity index is 944. The molecule has 0 saturated carbocycles. The Morgan fingerprint density at radius 3 is 3.05 bits per heavy atom. The van der Waals surface area contributed by atoms with E-state index in [4.69, 9.17) is 4.42 Å². The van der Waals surface area contributed by atoms with Crippen molar-refractivity contribution in [2.75, 3.05) is 0 Å². The Morgan fingerprint density at radius 1 is 1.29 bits per heavy atom. The molecule has 1 unspecified atom stereocenters. The molecule has 3 aromatic heterocycles. The van der Waals surface area contributed by atoms with Crippen LogP contribution in [0.5, 0.6) is 0 Å². The van der Waals surface area contributed by atoms with Crippen molar-refractivity contribution in [3.05, 3.63) is 66.2 Å². The van der Waals surface area contributed by atoms with Crippen LogP contribution in [0.2, 0.25) is 0 Å². The van der Waals surface area contributed by atoms with Gasteiger partial charge in [-0.1, -0.05) is 12.1 Å². The van der Waals surface area contributed by atoms with Crippen LogP contribution in [0.1, 0.15) is 17.4 Å². The summed E-state index contributed by atoms with van der Waals surface area (Å²) < 4.78 is 20.7. The van der Waals surface area contributed by atoms with E-state index in [1.165, 1.54) is 6.07 Å². The number of hydrogen-bond donors (Lipinski definition) is 1. The van der Waals surface area contributed by atoms with Gasteiger partial charge in [0.15, 0.2) is 11.4 Å². The maximum Gasteiger partial charge on any atom is 0.170 e. The largest absolute Gasteiger partial charge is 0.455 e. The van der Waals surface area contributed by atoms with Crippen molar-refractivity contribution in [3.8, 4) is 0 Å². The van der Waals surface area contributed by atoms with Gasteiger partial charge in [-0.25, -0.2) is 8.91 Å². The van der Waals surface area contributed by atoms with E-state index in [1.807, 2.05) is 0 Å². The van der Waals surface area contributed by atoms with Crippen LogP contribution in [0.15, 0.2) is 53.5 Å². The van der Waals surface area contributed by atoms with Crippen molar-refractivity contribution in [2.45, 2.75) is 6.10 Å². The Morgan fingerprint density at radius 2 is 2.19 bits per heavy atom. The van der Waals surface area contributed by atoms with Crippen LogP contribution < -0.4 is 0 Å². The minimum atomic E-state index is -1.03. The highest BCUT2D eigenvalue weighted by molar-refractivity contribution is 5.78. The molecule has 5 nitrogen and oxygen atoms in total. The predicted molar refractivity (Wildman–Crippen MR) is 73.2 cm³/mol. The quantitative estimate of drug-likeness (QED) is 0.614. The maximum atomic E-state index is 13.7. The third kappa shape index (κ3) is 1.80. The summed E-state index contributed by atoms with van der Waals surface area (Å²) in [6, 6.07) is 6.28. The lowest BCUT2D eigenvalue weighted by Crippen LogP contribution is -1.97. The van der Waals surface area contributed by atoms with Crippen molar-refractivity contribution in [1.29, 1.82) is 0 Å². The molecule has 4 aromatic rings. The van der Waals surface area contributed by atoms with Crippen LogP contribution in [0.4, 0.5) is 4.39 Å². The highest BCUT2D eigenvalue weighted by Gasteiger charge is 2.20. The number of halogens is 1. The fourth-order valence-electron chi connectivity index (χ4n) is 2.40. The van der Waals surface area contributed by atoms with Gasteiger partial charge in [-0.2, -0.15) is 5.10 Å². The maximum absolute atomic E-state index is 13.7. The molecule has 1 N–H and O–H groups in total.